The van der Waals surface area contributed by atoms with E-state index in [0.29, 0.717) is 19.3 Å². The predicted molar refractivity (Wildman–Crippen MR) is 195 cm³/mol. The largest absolute Gasteiger partial charge is 0.486 e. The highest BCUT2D eigenvalue weighted by Crippen LogP contribution is 2.70. The van der Waals surface area contributed by atoms with Gasteiger partial charge in [-0.2, -0.15) is 39.5 Å². The molecule has 322 valence electrons. The molecule has 0 radical (unpaired) electrons. The molecule has 0 aliphatic carbocycles. The molecule has 57 heavy (non-hydrogen) atoms. The summed E-state index contributed by atoms with van der Waals surface area (Å²) in [7, 11) is -24.4. The van der Waals surface area contributed by atoms with Gasteiger partial charge in [0.2, 0.25) is 0 Å². The summed E-state index contributed by atoms with van der Waals surface area (Å²) in [4.78, 5) is -3.05. The monoisotopic (exact) mass is 923 g/mol. The highest BCUT2D eigenvalue weighted by Gasteiger charge is 2.88. The molecule has 0 aliphatic rings. The molecule has 0 bridgehead atoms. The Hall–Kier alpha value is -2.86. The van der Waals surface area contributed by atoms with Crippen molar-refractivity contribution >= 4 is 49.9 Å². The average Bonchev–Trinajstić information content (AvgIpc) is 3.14. The van der Waals surface area contributed by atoms with E-state index in [0.717, 1.165) is 72.8 Å². The van der Waals surface area contributed by atoms with Crippen molar-refractivity contribution in [3.8, 4) is 0 Å². The highest BCUT2D eigenvalue weighted by atomic mass is 32.3. The minimum absolute atomic E-state index is 0.180. The molecule has 23 heteroatoms. The number of halogens is 9. The molecule has 0 aromatic heterocycles. The second kappa shape index (κ2) is 17.4. The molecule has 0 saturated carbocycles. The minimum Gasteiger partial charge on any atom is -0.257 e. The van der Waals surface area contributed by atoms with Gasteiger partial charge in [0.05, 0.1) is 56.9 Å². The van der Waals surface area contributed by atoms with Gasteiger partial charge >= 0.3 is 33.4 Å². The Kier molecular flexibility index (Phi) is 14.8. The molecule has 0 aliphatic heterocycles. The normalized spacial score (nSPS) is 14.5. The number of hydrogen-bond acceptors (Lipinski definition) is 8. The molecule has 0 atom stereocenters. The third-order valence-corrected chi connectivity index (χ3v) is 19.4. The smallest absolute Gasteiger partial charge is 0.257 e. The van der Waals surface area contributed by atoms with Gasteiger partial charge in [-0.05, 0) is 92.1 Å². The molecular formula is C34H40F9O9S5+. The molecule has 0 spiro atoms. The minimum atomic E-state index is -7.68. The molecule has 0 fully saturated rings. The van der Waals surface area contributed by atoms with Gasteiger partial charge in [0, 0.05) is 0 Å². The van der Waals surface area contributed by atoms with E-state index in [1.807, 2.05) is 0 Å². The fraction of sp³-hybridized carbons (Fsp3) is 0.471. The Bertz CT molecular complexity index is 2100. The summed E-state index contributed by atoms with van der Waals surface area (Å²) in [5, 5.41) is -7.30. The number of sulfone groups is 3. The third kappa shape index (κ3) is 9.63. The van der Waals surface area contributed by atoms with Crippen molar-refractivity contribution in [2.45, 2.75) is 112 Å². The van der Waals surface area contributed by atoms with Crippen molar-refractivity contribution in [3.63, 3.8) is 0 Å². The maximum Gasteiger partial charge on any atom is 0.486 e. The molecule has 3 rings (SSSR count). The molecule has 9 nitrogen and oxygen atoms in total. The van der Waals surface area contributed by atoms with Gasteiger partial charge < -0.3 is 0 Å². The Morgan fingerprint density at radius 3 is 0.895 bits per heavy atom. The van der Waals surface area contributed by atoms with E-state index < -0.39 is 120 Å². The van der Waals surface area contributed by atoms with Crippen LogP contribution in [0.3, 0.4) is 0 Å². The zero-order valence-corrected chi connectivity index (χ0v) is 34.5. The summed E-state index contributed by atoms with van der Waals surface area (Å²) in [6.07, 6.45) is -5.55. The van der Waals surface area contributed by atoms with Crippen LogP contribution in [0.4, 0.5) is 39.5 Å². The summed E-state index contributed by atoms with van der Waals surface area (Å²) in [5.74, 6) is -16.5. The summed E-state index contributed by atoms with van der Waals surface area (Å²) >= 11 is 0. The van der Waals surface area contributed by atoms with Crippen molar-refractivity contribution in [3.05, 3.63) is 72.8 Å². The fourth-order valence-corrected chi connectivity index (χ4v) is 15.0. The summed E-state index contributed by atoms with van der Waals surface area (Å²) in [6.45, 7) is 5.05. The fourth-order valence-electron chi connectivity index (χ4n) is 5.14. The van der Waals surface area contributed by atoms with E-state index in [1.165, 1.54) is 0 Å². The number of hydrogen-bond donors (Lipinski definition) is 0. The van der Waals surface area contributed by atoms with Crippen molar-refractivity contribution in [1.29, 1.82) is 0 Å². The van der Waals surface area contributed by atoms with Crippen LogP contribution in [0.25, 0.3) is 0 Å². The van der Waals surface area contributed by atoms with E-state index in [9.17, 15) is 64.4 Å². The van der Waals surface area contributed by atoms with Crippen LogP contribution in [-0.2, 0) is 39.6 Å². The maximum atomic E-state index is 15.5. The average molecular weight is 924 g/mol. The number of benzene rings is 3. The van der Waals surface area contributed by atoms with E-state index in [1.54, 1.807) is 20.8 Å². The third-order valence-electron chi connectivity index (χ3n) is 8.52. The Morgan fingerprint density at radius 2 is 0.667 bits per heavy atom. The molecular weight excluding hydrogens is 884 g/mol. The van der Waals surface area contributed by atoms with Crippen molar-refractivity contribution < 1.29 is 76.8 Å². The van der Waals surface area contributed by atoms with E-state index in [4.69, 9.17) is 0 Å². The zero-order chi connectivity index (χ0) is 43.5. The van der Waals surface area contributed by atoms with E-state index in [2.05, 4.69) is 3.63 Å². The van der Waals surface area contributed by atoms with Gasteiger partial charge in [-0.15, -0.1) is 8.42 Å². The van der Waals surface area contributed by atoms with Crippen LogP contribution >= 0.6 is 10.3 Å². The quantitative estimate of drug-likeness (QED) is 0.0618. The van der Waals surface area contributed by atoms with Gasteiger partial charge in [0.25, 0.3) is 0 Å². The summed E-state index contributed by atoms with van der Waals surface area (Å²) in [5.41, 5.74) is 0. The van der Waals surface area contributed by atoms with Crippen LogP contribution in [0.1, 0.15) is 59.3 Å². The second-order valence-corrected chi connectivity index (χ2v) is 23.7. The molecule has 3 aromatic carbocycles. The lowest BCUT2D eigenvalue weighted by molar-refractivity contribution is -0.382. The molecule has 0 saturated heterocycles. The predicted octanol–water partition coefficient (Wildman–Crippen LogP) is 9.45. The lowest BCUT2D eigenvalue weighted by atomic mass is 10.1. The molecule has 3 aromatic rings. The van der Waals surface area contributed by atoms with Gasteiger partial charge in [-0.25, -0.2) is 25.3 Å². The zero-order valence-electron chi connectivity index (χ0n) is 30.4. The molecule has 1 N–H and O–H groups in total. The van der Waals surface area contributed by atoms with Crippen molar-refractivity contribution in [2.75, 3.05) is 17.3 Å². The van der Waals surface area contributed by atoms with Crippen LogP contribution in [0, 0.1) is 0 Å². The van der Waals surface area contributed by atoms with Gasteiger partial charge in [-0.3, -0.25) is 3.63 Å². The first-order chi connectivity index (χ1) is 26.0. The summed E-state index contributed by atoms with van der Waals surface area (Å²) in [6, 6.07) is 10.1. The highest BCUT2D eigenvalue weighted by molar-refractivity contribution is 8.32. The summed E-state index contributed by atoms with van der Waals surface area (Å²) < 4.78 is 236. The number of unbranched alkanes of at least 4 members (excludes halogenated alkanes) is 3. The van der Waals surface area contributed by atoms with Crippen molar-refractivity contribution in [2.24, 2.45) is 0 Å². The topological polar surface area (TPSA) is 149 Å². The maximum absolute atomic E-state index is 15.5. The molecule has 0 heterocycles. The second-order valence-electron chi connectivity index (χ2n) is 12.7. The lowest BCUT2D eigenvalue weighted by Crippen LogP contribution is -2.63. The standard InChI is InChI=1S/C34H39F9O9S5/c1-4-7-22-53(44,45)25-10-16-28(17-11-25)56(29-18-12-26(13-19-29)54(46,47)23-8-5-2,30-20-14-27(15-21-30)55(48,49)24-9-6-3)52-57(50,51)34(42,43)32(37,38)31(35,36)33(39,40)41/h10-21H,4-9,22-24H2,1-3H3/p+1. The SMILES string of the molecule is CCCCS(=O)(=O)c1ccc(S([OH+]S(=O)(=O)C(F)(F)C(F)(F)C(F)(F)C(F)(F)F)(c2ccc(S(=O)(=O)CCCC)cc2)c2ccc(S(=O)(=O)CCCC)cc2)cc1. The first-order valence-electron chi connectivity index (χ1n) is 17.0. The first-order valence-corrected chi connectivity index (χ1v) is 25.0. The Labute approximate surface area is 327 Å². The van der Waals surface area contributed by atoms with Crippen LogP contribution < -0.4 is 0 Å². The van der Waals surface area contributed by atoms with Crippen molar-refractivity contribution in [1.82, 2.24) is 0 Å². The number of rotatable bonds is 20. The van der Waals surface area contributed by atoms with Crippen LogP contribution in [0.15, 0.2) is 102 Å². The van der Waals surface area contributed by atoms with Crippen LogP contribution in [0.2, 0.25) is 0 Å². The number of alkyl halides is 9. The van der Waals surface area contributed by atoms with Gasteiger partial charge in [0.15, 0.2) is 29.5 Å². The Balaban J connectivity index is 2.52. The first kappa shape index (κ1) is 48.5. The van der Waals surface area contributed by atoms with Crippen LogP contribution in [0.5, 0.6) is 0 Å². The lowest BCUT2D eigenvalue weighted by Gasteiger charge is -2.37. The van der Waals surface area contributed by atoms with Gasteiger partial charge in [0.1, 0.15) is 0 Å². The van der Waals surface area contributed by atoms with E-state index in [-0.39, 0.29) is 19.3 Å². The molecule has 0 amide bonds. The van der Waals surface area contributed by atoms with Gasteiger partial charge in [-0.1, -0.05) is 40.0 Å². The molecule has 0 unspecified atom stereocenters. The van der Waals surface area contributed by atoms with Crippen LogP contribution in [-0.4, -0.2) is 77.8 Å². The van der Waals surface area contributed by atoms with E-state index >= 15 is 8.78 Å². The Morgan fingerprint density at radius 1 is 0.421 bits per heavy atom.